The van der Waals surface area contributed by atoms with Crippen molar-refractivity contribution in [3.8, 4) is 0 Å². The maximum atomic E-state index is 13.1. The predicted molar refractivity (Wildman–Crippen MR) is 139 cm³/mol. The molecule has 3 aliphatic heterocycles. The average molecular weight is 547 g/mol. The van der Waals surface area contributed by atoms with Gasteiger partial charge in [0.25, 0.3) is 0 Å². The Labute approximate surface area is 214 Å². The summed E-state index contributed by atoms with van der Waals surface area (Å²) in [4.78, 5) is 32.7. The van der Waals surface area contributed by atoms with Crippen LogP contribution < -0.4 is 4.72 Å². The van der Waals surface area contributed by atoms with Gasteiger partial charge in [0, 0.05) is 60.6 Å². The molecule has 4 heterocycles. The standard InChI is InChI=1S/C22H31ClN4O4S3/c23-20-6-5-18(33-20)7-14-34(30,31)24-19-4-2-8-26(22(19)29)16-21(28)27-9-1-3-17(27)15-25-10-12-32-13-11-25/h5-7,14,17,19,24H,1-4,8-13,15-16H2/b14-7+. The Kier molecular flexibility index (Phi) is 8.97. The Morgan fingerprint density at radius 3 is 2.65 bits per heavy atom. The molecular weight excluding hydrogens is 516 g/mol. The van der Waals surface area contributed by atoms with Crippen molar-refractivity contribution in [1.82, 2.24) is 19.4 Å². The van der Waals surface area contributed by atoms with Crippen molar-refractivity contribution in [2.45, 2.75) is 37.8 Å². The summed E-state index contributed by atoms with van der Waals surface area (Å²) in [5, 5.41) is 1.06. The topological polar surface area (TPSA) is 90.0 Å². The van der Waals surface area contributed by atoms with Gasteiger partial charge < -0.3 is 9.80 Å². The van der Waals surface area contributed by atoms with Crippen LogP contribution in [-0.4, -0.2) is 97.8 Å². The number of nitrogens with one attached hydrogen (secondary N) is 1. The Morgan fingerprint density at radius 2 is 1.91 bits per heavy atom. The highest BCUT2D eigenvalue weighted by atomic mass is 35.5. The van der Waals surface area contributed by atoms with Crippen LogP contribution >= 0.6 is 34.7 Å². The smallest absolute Gasteiger partial charge is 0.242 e. The third kappa shape index (κ3) is 6.98. The third-order valence-corrected chi connectivity index (χ3v) is 9.69. The quantitative estimate of drug-likeness (QED) is 0.538. The summed E-state index contributed by atoms with van der Waals surface area (Å²) in [6.45, 7) is 4.21. The molecule has 0 saturated carbocycles. The largest absolute Gasteiger partial charge is 0.337 e. The van der Waals surface area contributed by atoms with E-state index in [1.165, 1.54) is 22.3 Å². The second kappa shape index (κ2) is 11.7. The summed E-state index contributed by atoms with van der Waals surface area (Å²) in [7, 11) is -3.81. The first kappa shape index (κ1) is 26.0. The molecule has 1 N–H and O–H groups in total. The number of thiophene rings is 1. The number of hydrogen-bond acceptors (Lipinski definition) is 7. The molecule has 3 fully saturated rings. The van der Waals surface area contributed by atoms with Crippen molar-refractivity contribution in [2.75, 3.05) is 50.8 Å². The predicted octanol–water partition coefficient (Wildman–Crippen LogP) is 2.32. The lowest BCUT2D eigenvalue weighted by Gasteiger charge is -2.35. The zero-order valence-corrected chi connectivity index (χ0v) is 22.2. The number of piperidine rings is 1. The Hall–Kier alpha value is -1.11. The van der Waals surface area contributed by atoms with Crippen LogP contribution in [0.3, 0.4) is 0 Å². The van der Waals surface area contributed by atoms with Gasteiger partial charge in [-0.3, -0.25) is 14.5 Å². The number of rotatable bonds is 8. The van der Waals surface area contributed by atoms with E-state index < -0.39 is 16.1 Å². The molecule has 0 bridgehead atoms. The van der Waals surface area contributed by atoms with Crippen LogP contribution in [0, 0.1) is 0 Å². The van der Waals surface area contributed by atoms with Crippen molar-refractivity contribution in [1.29, 1.82) is 0 Å². The van der Waals surface area contributed by atoms with Crippen LogP contribution in [0.15, 0.2) is 17.5 Å². The van der Waals surface area contributed by atoms with Gasteiger partial charge in [0.05, 0.1) is 10.9 Å². The Morgan fingerprint density at radius 1 is 1.15 bits per heavy atom. The van der Waals surface area contributed by atoms with Gasteiger partial charge >= 0.3 is 0 Å². The van der Waals surface area contributed by atoms with Crippen molar-refractivity contribution in [3.05, 3.63) is 26.8 Å². The maximum Gasteiger partial charge on any atom is 0.242 e. The monoisotopic (exact) mass is 546 g/mol. The SMILES string of the molecule is O=C1C(NS(=O)(=O)/C=C/c2ccc(Cl)s2)CCCN1CC(=O)N1CCCC1CN1CCSCC1. The molecule has 4 rings (SSSR count). The molecule has 34 heavy (non-hydrogen) atoms. The van der Waals surface area contributed by atoms with Crippen molar-refractivity contribution in [3.63, 3.8) is 0 Å². The second-order valence-electron chi connectivity index (χ2n) is 8.86. The second-order valence-corrected chi connectivity index (χ2v) is 13.4. The van der Waals surface area contributed by atoms with Gasteiger partial charge in [0.15, 0.2) is 0 Å². The first-order chi connectivity index (χ1) is 16.3. The molecule has 0 aliphatic carbocycles. The zero-order chi connectivity index (χ0) is 24.1. The van der Waals surface area contributed by atoms with E-state index in [0.717, 1.165) is 55.9 Å². The summed E-state index contributed by atoms with van der Waals surface area (Å²) >= 11 is 9.12. The highest BCUT2D eigenvalue weighted by Crippen LogP contribution is 2.23. The molecule has 3 aliphatic rings. The van der Waals surface area contributed by atoms with Crippen molar-refractivity contribution in [2.24, 2.45) is 0 Å². The number of hydrogen-bond donors (Lipinski definition) is 1. The van der Waals surface area contributed by atoms with E-state index in [4.69, 9.17) is 11.6 Å². The third-order valence-electron chi connectivity index (χ3n) is 6.44. The van der Waals surface area contributed by atoms with Gasteiger partial charge in [-0.2, -0.15) is 16.5 Å². The molecule has 188 valence electrons. The molecule has 2 amide bonds. The molecule has 12 heteroatoms. The minimum Gasteiger partial charge on any atom is -0.337 e. The van der Waals surface area contributed by atoms with E-state index in [1.54, 1.807) is 12.1 Å². The maximum absolute atomic E-state index is 13.1. The molecule has 2 unspecified atom stereocenters. The zero-order valence-electron chi connectivity index (χ0n) is 19.0. The minimum atomic E-state index is -3.81. The summed E-state index contributed by atoms with van der Waals surface area (Å²) in [5.41, 5.74) is 0. The highest BCUT2D eigenvalue weighted by Gasteiger charge is 2.35. The molecule has 3 saturated heterocycles. The van der Waals surface area contributed by atoms with Crippen LogP contribution in [0.1, 0.15) is 30.6 Å². The number of carbonyl (C=O) groups is 2. The van der Waals surface area contributed by atoms with E-state index in [0.29, 0.717) is 28.6 Å². The van der Waals surface area contributed by atoms with Crippen LogP contribution in [-0.2, 0) is 19.6 Å². The fourth-order valence-corrected chi connectivity index (χ4v) is 7.76. The van der Waals surface area contributed by atoms with Gasteiger partial charge in [0.1, 0.15) is 6.04 Å². The molecule has 8 nitrogen and oxygen atoms in total. The number of amides is 2. The fourth-order valence-electron chi connectivity index (χ4n) is 4.71. The fraction of sp³-hybridized carbons (Fsp3) is 0.636. The molecule has 1 aromatic rings. The van der Waals surface area contributed by atoms with E-state index in [1.807, 2.05) is 16.7 Å². The van der Waals surface area contributed by atoms with Gasteiger partial charge in [-0.05, 0) is 43.9 Å². The number of thioether (sulfide) groups is 1. The van der Waals surface area contributed by atoms with Crippen LogP contribution in [0.25, 0.3) is 6.08 Å². The number of carbonyl (C=O) groups excluding carboxylic acids is 2. The number of sulfonamides is 1. The first-order valence-electron chi connectivity index (χ1n) is 11.6. The summed E-state index contributed by atoms with van der Waals surface area (Å²) in [6, 6.07) is 2.76. The van der Waals surface area contributed by atoms with Gasteiger partial charge in [-0.15, -0.1) is 11.3 Å². The van der Waals surface area contributed by atoms with E-state index >= 15 is 0 Å². The lowest BCUT2D eigenvalue weighted by atomic mass is 10.1. The van der Waals surface area contributed by atoms with E-state index in [9.17, 15) is 18.0 Å². The van der Waals surface area contributed by atoms with Crippen molar-refractivity contribution < 1.29 is 18.0 Å². The molecule has 0 spiro atoms. The minimum absolute atomic E-state index is 0.00689. The van der Waals surface area contributed by atoms with Crippen LogP contribution in [0.2, 0.25) is 4.34 Å². The summed E-state index contributed by atoms with van der Waals surface area (Å²) in [6.07, 6.45) is 4.50. The average Bonchev–Trinajstić information content (AvgIpc) is 3.44. The van der Waals surface area contributed by atoms with E-state index in [-0.39, 0.29) is 24.4 Å². The lowest BCUT2D eigenvalue weighted by Crippen LogP contribution is -2.55. The highest BCUT2D eigenvalue weighted by molar-refractivity contribution is 7.99. The molecule has 1 aromatic heterocycles. The summed E-state index contributed by atoms with van der Waals surface area (Å²) in [5.74, 6) is 1.90. The van der Waals surface area contributed by atoms with Crippen molar-refractivity contribution >= 4 is 62.6 Å². The summed E-state index contributed by atoms with van der Waals surface area (Å²) < 4.78 is 28.1. The lowest BCUT2D eigenvalue weighted by molar-refractivity contribution is -0.143. The van der Waals surface area contributed by atoms with Gasteiger partial charge in [-0.1, -0.05) is 11.6 Å². The molecule has 0 aromatic carbocycles. The van der Waals surface area contributed by atoms with Gasteiger partial charge in [-0.25, -0.2) is 8.42 Å². The van der Waals surface area contributed by atoms with Crippen LogP contribution in [0.5, 0.6) is 0 Å². The normalized spacial score (nSPS) is 24.9. The van der Waals surface area contributed by atoms with Crippen LogP contribution in [0.4, 0.5) is 0 Å². The number of likely N-dealkylation sites (tertiary alicyclic amines) is 2. The first-order valence-corrected chi connectivity index (χ1v) is 15.5. The number of halogens is 1. The molecule has 0 radical (unpaired) electrons. The Balaban J connectivity index is 1.32. The molecular formula is C22H31ClN4O4S3. The molecule has 2 atom stereocenters. The van der Waals surface area contributed by atoms with E-state index in [2.05, 4.69) is 9.62 Å². The Bertz CT molecular complexity index is 1010. The number of nitrogens with zero attached hydrogens (tertiary/aromatic N) is 3. The van der Waals surface area contributed by atoms with Gasteiger partial charge in [0.2, 0.25) is 21.8 Å².